The van der Waals surface area contributed by atoms with Crippen molar-refractivity contribution in [3.8, 4) is 0 Å². The molecule has 0 bridgehead atoms. The summed E-state index contributed by atoms with van der Waals surface area (Å²) in [5, 5.41) is 5.57. The highest BCUT2D eigenvalue weighted by atomic mass is 32.2. The number of carbonyl (C=O) groups is 1. The van der Waals surface area contributed by atoms with Crippen LogP contribution in [0.2, 0.25) is 0 Å². The van der Waals surface area contributed by atoms with Gasteiger partial charge in [0, 0.05) is 52.8 Å². The lowest BCUT2D eigenvalue weighted by atomic mass is 9.71. The predicted molar refractivity (Wildman–Crippen MR) is 167 cm³/mol. The quantitative estimate of drug-likeness (QED) is 0.199. The Bertz CT molecular complexity index is 1820. The molecule has 3 aromatic carbocycles. The van der Waals surface area contributed by atoms with Gasteiger partial charge in [0.25, 0.3) is 0 Å². The molecule has 0 spiro atoms. The second-order valence-electron chi connectivity index (χ2n) is 11.7. The summed E-state index contributed by atoms with van der Waals surface area (Å²) in [7, 11) is -4.09. The van der Waals surface area contributed by atoms with Crippen LogP contribution in [0.4, 0.5) is 0 Å². The number of aromatic amines is 1. The van der Waals surface area contributed by atoms with Gasteiger partial charge >= 0.3 is 0 Å². The minimum Gasteiger partial charge on any atom is -0.361 e. The van der Waals surface area contributed by atoms with Gasteiger partial charge in [0.15, 0.2) is 0 Å². The van der Waals surface area contributed by atoms with Crippen molar-refractivity contribution < 1.29 is 13.2 Å². The van der Waals surface area contributed by atoms with Crippen LogP contribution in [0.25, 0.3) is 21.7 Å². The fraction of sp³-hybridized carbons (Fsp3) is 0.294. The number of para-hydroxylation sites is 1. The molecule has 2 aromatic heterocycles. The van der Waals surface area contributed by atoms with E-state index >= 15 is 0 Å². The van der Waals surface area contributed by atoms with Crippen LogP contribution in [0.1, 0.15) is 50.3 Å². The maximum absolute atomic E-state index is 14.2. The van der Waals surface area contributed by atoms with Gasteiger partial charge in [-0.2, -0.15) is 4.72 Å². The van der Waals surface area contributed by atoms with E-state index in [0.717, 1.165) is 59.7 Å². The minimum absolute atomic E-state index is 0.149. The van der Waals surface area contributed by atoms with Crippen LogP contribution < -0.4 is 10.0 Å². The number of amides is 1. The van der Waals surface area contributed by atoms with E-state index in [1.165, 1.54) is 0 Å². The number of sulfonamides is 1. The van der Waals surface area contributed by atoms with Gasteiger partial charge in [-0.3, -0.25) is 9.78 Å². The summed E-state index contributed by atoms with van der Waals surface area (Å²) in [6, 6.07) is 26.3. The molecule has 0 radical (unpaired) electrons. The Kier molecular flexibility index (Phi) is 7.60. The molecular formula is C34H36N4O3S. The number of rotatable bonds is 9. The van der Waals surface area contributed by atoms with Crippen molar-refractivity contribution >= 4 is 37.6 Å². The van der Waals surface area contributed by atoms with Gasteiger partial charge in [-0.15, -0.1) is 0 Å². The van der Waals surface area contributed by atoms with Crippen molar-refractivity contribution in [2.45, 2.75) is 61.3 Å². The van der Waals surface area contributed by atoms with Gasteiger partial charge < -0.3 is 10.3 Å². The van der Waals surface area contributed by atoms with E-state index in [-0.39, 0.29) is 22.6 Å². The molecule has 2 heterocycles. The van der Waals surface area contributed by atoms with E-state index in [1.807, 2.05) is 72.9 Å². The molecule has 0 unspecified atom stereocenters. The van der Waals surface area contributed by atoms with Crippen LogP contribution >= 0.6 is 0 Å². The Morgan fingerprint density at radius 3 is 2.40 bits per heavy atom. The summed E-state index contributed by atoms with van der Waals surface area (Å²) in [6.07, 6.45) is 8.96. The Labute approximate surface area is 246 Å². The van der Waals surface area contributed by atoms with E-state index < -0.39 is 15.6 Å². The Morgan fingerprint density at radius 1 is 0.905 bits per heavy atom. The van der Waals surface area contributed by atoms with Gasteiger partial charge in [-0.1, -0.05) is 79.9 Å². The van der Waals surface area contributed by atoms with Crippen LogP contribution in [0.15, 0.2) is 102 Å². The number of nitrogens with one attached hydrogen (secondary N) is 3. The third-order valence-electron chi connectivity index (χ3n) is 8.73. The van der Waals surface area contributed by atoms with E-state index in [1.54, 1.807) is 31.3 Å². The molecule has 0 saturated heterocycles. The van der Waals surface area contributed by atoms with Crippen LogP contribution in [0, 0.1) is 0 Å². The highest BCUT2D eigenvalue weighted by molar-refractivity contribution is 7.89. The van der Waals surface area contributed by atoms with Crippen molar-refractivity contribution in [3.63, 3.8) is 0 Å². The zero-order valence-electron chi connectivity index (χ0n) is 23.8. The summed E-state index contributed by atoms with van der Waals surface area (Å²) in [6.45, 7) is 2.07. The Balaban J connectivity index is 1.36. The highest BCUT2D eigenvalue weighted by Crippen LogP contribution is 2.38. The molecule has 1 aliphatic rings. The predicted octanol–water partition coefficient (Wildman–Crippen LogP) is 6.01. The second kappa shape index (κ2) is 11.3. The van der Waals surface area contributed by atoms with Crippen molar-refractivity contribution in [2.75, 3.05) is 6.54 Å². The van der Waals surface area contributed by atoms with E-state index in [2.05, 4.69) is 20.0 Å². The van der Waals surface area contributed by atoms with Crippen molar-refractivity contribution in [1.29, 1.82) is 0 Å². The number of pyridine rings is 1. The lowest BCUT2D eigenvalue weighted by molar-refractivity contribution is -0.126. The number of benzene rings is 3. The maximum atomic E-state index is 14.2. The zero-order valence-corrected chi connectivity index (χ0v) is 24.6. The number of fused-ring (bicyclic) bond motifs is 2. The normalized spacial score (nSPS) is 16.7. The Morgan fingerprint density at radius 2 is 1.62 bits per heavy atom. The molecule has 1 saturated carbocycles. The molecule has 5 aromatic rings. The van der Waals surface area contributed by atoms with Gasteiger partial charge in [0.2, 0.25) is 15.9 Å². The van der Waals surface area contributed by atoms with Gasteiger partial charge in [0.1, 0.15) is 5.54 Å². The summed E-state index contributed by atoms with van der Waals surface area (Å²) in [5.74, 6) is -0.363. The first kappa shape index (κ1) is 28.1. The van der Waals surface area contributed by atoms with Crippen LogP contribution in [-0.4, -0.2) is 36.4 Å². The number of carbonyl (C=O) groups excluding carboxylic acids is 1. The molecule has 6 rings (SSSR count). The molecule has 3 N–H and O–H groups in total. The van der Waals surface area contributed by atoms with E-state index in [0.29, 0.717) is 11.9 Å². The SMILES string of the molecule is C[C@@](Cc1c[nH]c2ccccc12)(NS(=O)(=O)c1cccc2ccccc12)C(=O)NCC1(c2ccccn2)CCCCC1. The number of hydrogen-bond acceptors (Lipinski definition) is 4. The van der Waals surface area contributed by atoms with Crippen molar-refractivity contribution in [3.05, 3.63) is 109 Å². The molecule has 216 valence electrons. The number of hydrogen-bond donors (Lipinski definition) is 3. The minimum atomic E-state index is -4.09. The van der Waals surface area contributed by atoms with Gasteiger partial charge in [-0.05, 0) is 55.0 Å². The van der Waals surface area contributed by atoms with Crippen molar-refractivity contribution in [2.24, 2.45) is 0 Å². The maximum Gasteiger partial charge on any atom is 0.242 e. The lowest BCUT2D eigenvalue weighted by Crippen LogP contribution is -2.59. The number of nitrogens with zero attached hydrogens (tertiary/aromatic N) is 1. The molecule has 1 fully saturated rings. The standard InChI is InChI=1S/C34H36N4O3S/c1-33(22-26-23-36-29-16-6-5-14-27(26)29,38-42(40,41)30-17-11-13-25-12-3-4-15-28(25)30)32(39)37-24-34(19-8-2-9-20-34)31-18-7-10-21-35-31/h3-7,10-18,21,23,36,38H,2,8-9,19-20,22,24H2,1H3,(H,37,39)/t33-/m0/s1. The Hall–Kier alpha value is -4.01. The van der Waals surface area contributed by atoms with Crippen LogP contribution in [0.5, 0.6) is 0 Å². The number of H-pyrrole nitrogens is 1. The second-order valence-corrected chi connectivity index (χ2v) is 13.3. The topological polar surface area (TPSA) is 104 Å². The molecular weight excluding hydrogens is 544 g/mol. The summed E-state index contributed by atoms with van der Waals surface area (Å²) in [5.41, 5.74) is 1.01. The molecule has 42 heavy (non-hydrogen) atoms. The molecule has 1 amide bonds. The van der Waals surface area contributed by atoms with E-state index in [9.17, 15) is 13.2 Å². The van der Waals surface area contributed by atoms with Crippen molar-refractivity contribution in [1.82, 2.24) is 20.0 Å². The third-order valence-corrected chi connectivity index (χ3v) is 10.4. The average molecular weight is 581 g/mol. The molecule has 7 nitrogen and oxygen atoms in total. The van der Waals surface area contributed by atoms with Gasteiger partial charge in [-0.25, -0.2) is 8.42 Å². The third kappa shape index (κ3) is 5.44. The monoisotopic (exact) mass is 580 g/mol. The average Bonchev–Trinajstić information content (AvgIpc) is 3.42. The first-order valence-corrected chi connectivity index (χ1v) is 16.0. The largest absolute Gasteiger partial charge is 0.361 e. The summed E-state index contributed by atoms with van der Waals surface area (Å²) < 4.78 is 30.9. The van der Waals surface area contributed by atoms with E-state index in [4.69, 9.17) is 0 Å². The fourth-order valence-electron chi connectivity index (χ4n) is 6.48. The summed E-state index contributed by atoms with van der Waals surface area (Å²) >= 11 is 0. The zero-order chi connectivity index (χ0) is 29.2. The molecule has 0 aliphatic heterocycles. The first-order valence-electron chi connectivity index (χ1n) is 14.6. The summed E-state index contributed by atoms with van der Waals surface area (Å²) in [4.78, 5) is 22.3. The smallest absolute Gasteiger partial charge is 0.242 e. The first-order chi connectivity index (χ1) is 20.3. The van der Waals surface area contributed by atoms with Crippen LogP contribution in [-0.2, 0) is 26.7 Å². The molecule has 1 aliphatic carbocycles. The number of aromatic nitrogens is 2. The van der Waals surface area contributed by atoms with Gasteiger partial charge in [0.05, 0.1) is 4.90 Å². The fourth-order valence-corrected chi connectivity index (χ4v) is 8.08. The molecule has 8 heteroatoms. The lowest BCUT2D eigenvalue weighted by Gasteiger charge is -2.38. The van der Waals surface area contributed by atoms with Crippen LogP contribution in [0.3, 0.4) is 0 Å². The highest BCUT2D eigenvalue weighted by Gasteiger charge is 2.42. The molecule has 1 atom stereocenters.